The molecular formula is C30H39N3O4S. The first-order valence-corrected chi connectivity index (χ1v) is 13.9. The van der Waals surface area contributed by atoms with Gasteiger partial charge in [-0.05, 0) is 73.0 Å². The maximum atomic E-state index is 13.6. The van der Waals surface area contributed by atoms with Gasteiger partial charge in [0.1, 0.15) is 6.54 Å². The van der Waals surface area contributed by atoms with Crippen LogP contribution in [0.5, 0.6) is 11.5 Å². The summed E-state index contributed by atoms with van der Waals surface area (Å²) in [5.41, 5.74) is 2.96. The number of amides is 3. The lowest BCUT2D eigenvalue weighted by Crippen LogP contribution is -2.48. The first kappa shape index (κ1) is 29.0. The molecule has 7 nitrogen and oxygen atoms in total. The zero-order chi connectivity index (χ0) is 27.5. The third kappa shape index (κ3) is 7.99. The van der Waals surface area contributed by atoms with E-state index in [1.54, 1.807) is 30.5 Å². The Balaban J connectivity index is 1.74. The molecule has 0 saturated heterocycles. The molecule has 0 aliphatic carbocycles. The minimum absolute atomic E-state index is 0.00515. The van der Waals surface area contributed by atoms with Crippen LogP contribution in [0.3, 0.4) is 0 Å². The Morgan fingerprint density at radius 1 is 0.974 bits per heavy atom. The highest BCUT2D eigenvalue weighted by atomic mass is 32.1. The van der Waals surface area contributed by atoms with Gasteiger partial charge in [0.05, 0.1) is 20.8 Å². The SMILES string of the molecule is CCc1ccc(NC(=O)N(CC(=O)N(CCc2ccc(OC)c(OC)c2)Cc2cccs2)C(C)CC)cc1. The van der Waals surface area contributed by atoms with Crippen LogP contribution in [0.25, 0.3) is 0 Å². The first-order valence-electron chi connectivity index (χ1n) is 13.1. The Hall–Kier alpha value is -3.52. The molecule has 204 valence electrons. The molecule has 3 aromatic rings. The number of methoxy groups -OCH3 is 2. The zero-order valence-corrected chi connectivity index (χ0v) is 23.8. The van der Waals surface area contributed by atoms with Gasteiger partial charge in [0.2, 0.25) is 5.91 Å². The van der Waals surface area contributed by atoms with Gasteiger partial charge in [-0.25, -0.2) is 4.79 Å². The Morgan fingerprint density at radius 2 is 1.68 bits per heavy atom. The average Bonchev–Trinajstić information content (AvgIpc) is 3.46. The number of rotatable bonds is 13. The van der Waals surface area contributed by atoms with E-state index in [1.165, 1.54) is 5.56 Å². The number of nitrogens with one attached hydrogen (secondary N) is 1. The molecule has 0 bridgehead atoms. The summed E-state index contributed by atoms with van der Waals surface area (Å²) < 4.78 is 10.8. The van der Waals surface area contributed by atoms with Gasteiger partial charge >= 0.3 is 6.03 Å². The molecular weight excluding hydrogens is 498 g/mol. The highest BCUT2D eigenvalue weighted by Gasteiger charge is 2.25. The maximum Gasteiger partial charge on any atom is 0.322 e. The van der Waals surface area contributed by atoms with Crippen LogP contribution >= 0.6 is 11.3 Å². The highest BCUT2D eigenvalue weighted by molar-refractivity contribution is 7.09. The van der Waals surface area contributed by atoms with Crippen molar-refractivity contribution in [1.29, 1.82) is 0 Å². The number of urea groups is 1. The average molecular weight is 538 g/mol. The zero-order valence-electron chi connectivity index (χ0n) is 23.0. The van der Waals surface area contributed by atoms with Crippen molar-refractivity contribution in [3.8, 4) is 11.5 Å². The molecule has 0 fully saturated rings. The molecule has 1 aromatic heterocycles. The van der Waals surface area contributed by atoms with Crippen LogP contribution in [0.2, 0.25) is 0 Å². The number of hydrogen-bond acceptors (Lipinski definition) is 5. The number of nitrogens with zero attached hydrogens (tertiary/aromatic N) is 2. The van der Waals surface area contributed by atoms with E-state index in [0.29, 0.717) is 31.0 Å². The largest absolute Gasteiger partial charge is 0.493 e. The number of anilines is 1. The van der Waals surface area contributed by atoms with Crippen LogP contribution in [0.4, 0.5) is 10.5 Å². The van der Waals surface area contributed by atoms with Gasteiger partial charge in [0.15, 0.2) is 11.5 Å². The van der Waals surface area contributed by atoms with Gasteiger partial charge in [-0.3, -0.25) is 4.79 Å². The second-order valence-electron chi connectivity index (χ2n) is 9.20. The third-order valence-corrected chi connectivity index (χ3v) is 7.56. The molecule has 3 rings (SSSR count). The molecule has 1 N–H and O–H groups in total. The lowest BCUT2D eigenvalue weighted by atomic mass is 10.1. The summed E-state index contributed by atoms with van der Waals surface area (Å²) in [6.07, 6.45) is 2.33. The molecule has 0 spiro atoms. The van der Waals surface area contributed by atoms with Gasteiger partial charge in [0.25, 0.3) is 0 Å². The standard InChI is InChI=1S/C30H39N3O4S/c1-6-22(3)33(30(35)31-25-13-10-23(7-2)11-14-25)21-29(34)32(20-26-9-8-18-38-26)17-16-24-12-15-27(36-4)28(19-24)37-5/h8-15,18-19,22H,6-7,16-17,20-21H2,1-5H3,(H,31,35). The number of carbonyl (C=O) groups is 2. The lowest BCUT2D eigenvalue weighted by Gasteiger charge is -2.31. The summed E-state index contributed by atoms with van der Waals surface area (Å²) >= 11 is 1.62. The van der Waals surface area contributed by atoms with Gasteiger partial charge in [-0.2, -0.15) is 0 Å². The van der Waals surface area contributed by atoms with E-state index in [9.17, 15) is 9.59 Å². The molecule has 1 unspecified atom stereocenters. The number of aryl methyl sites for hydroxylation is 1. The summed E-state index contributed by atoms with van der Waals surface area (Å²) in [5.74, 6) is 1.24. The van der Waals surface area contributed by atoms with E-state index in [0.717, 1.165) is 29.0 Å². The molecule has 2 aromatic carbocycles. The van der Waals surface area contributed by atoms with E-state index in [2.05, 4.69) is 12.2 Å². The highest BCUT2D eigenvalue weighted by Crippen LogP contribution is 2.28. The molecule has 38 heavy (non-hydrogen) atoms. The Labute approximate surface area is 230 Å². The predicted molar refractivity (Wildman–Crippen MR) is 154 cm³/mol. The van der Waals surface area contributed by atoms with E-state index < -0.39 is 0 Å². The summed E-state index contributed by atoms with van der Waals surface area (Å²) in [4.78, 5) is 31.5. The molecule has 3 amide bonds. The number of benzene rings is 2. The van der Waals surface area contributed by atoms with Crippen molar-refractivity contribution >= 4 is 29.0 Å². The van der Waals surface area contributed by atoms with Crippen molar-refractivity contribution in [3.63, 3.8) is 0 Å². The molecule has 0 radical (unpaired) electrons. The van der Waals surface area contributed by atoms with E-state index in [4.69, 9.17) is 9.47 Å². The fourth-order valence-corrected chi connectivity index (χ4v) is 4.82. The van der Waals surface area contributed by atoms with Crippen LogP contribution < -0.4 is 14.8 Å². The number of carbonyl (C=O) groups excluding carboxylic acids is 2. The number of thiophene rings is 1. The van der Waals surface area contributed by atoms with Crippen LogP contribution in [0.1, 0.15) is 43.2 Å². The second kappa shape index (κ2) is 14.4. The summed E-state index contributed by atoms with van der Waals surface area (Å²) in [5, 5.41) is 4.98. The number of ether oxygens (including phenoxy) is 2. The van der Waals surface area contributed by atoms with Gasteiger partial charge in [-0.15, -0.1) is 11.3 Å². The monoisotopic (exact) mass is 537 g/mol. The minimum Gasteiger partial charge on any atom is -0.493 e. The van der Waals surface area contributed by atoms with E-state index in [1.807, 2.05) is 78.7 Å². The molecule has 1 heterocycles. The Morgan fingerprint density at radius 3 is 2.29 bits per heavy atom. The van der Waals surface area contributed by atoms with E-state index in [-0.39, 0.29) is 24.5 Å². The Bertz CT molecular complexity index is 1160. The fraction of sp³-hybridized carbons (Fsp3) is 0.400. The van der Waals surface area contributed by atoms with Crippen molar-refractivity contribution in [1.82, 2.24) is 9.80 Å². The fourth-order valence-electron chi connectivity index (χ4n) is 4.10. The predicted octanol–water partition coefficient (Wildman–Crippen LogP) is 6.23. The molecule has 0 saturated carbocycles. The van der Waals surface area contributed by atoms with Crippen molar-refractivity contribution < 1.29 is 19.1 Å². The van der Waals surface area contributed by atoms with Gasteiger partial charge in [-0.1, -0.05) is 38.1 Å². The van der Waals surface area contributed by atoms with Crippen LogP contribution in [0, 0.1) is 0 Å². The van der Waals surface area contributed by atoms with Crippen molar-refractivity contribution in [3.05, 3.63) is 76.0 Å². The normalized spacial score (nSPS) is 11.5. The smallest absolute Gasteiger partial charge is 0.322 e. The maximum absolute atomic E-state index is 13.6. The van der Waals surface area contributed by atoms with Gasteiger partial charge < -0.3 is 24.6 Å². The first-order chi connectivity index (χ1) is 18.4. The molecule has 8 heteroatoms. The van der Waals surface area contributed by atoms with Crippen LogP contribution in [-0.2, 0) is 24.2 Å². The molecule has 0 aliphatic rings. The summed E-state index contributed by atoms with van der Waals surface area (Å²) in [6, 6.07) is 17.3. The van der Waals surface area contributed by atoms with E-state index >= 15 is 0 Å². The topological polar surface area (TPSA) is 71.1 Å². The summed E-state index contributed by atoms with van der Waals surface area (Å²) in [6.45, 7) is 7.10. The second-order valence-corrected chi connectivity index (χ2v) is 10.2. The molecule has 0 aliphatic heterocycles. The van der Waals surface area contributed by atoms with Crippen LogP contribution in [0.15, 0.2) is 60.0 Å². The van der Waals surface area contributed by atoms with Crippen LogP contribution in [-0.4, -0.2) is 55.1 Å². The lowest BCUT2D eigenvalue weighted by molar-refractivity contribution is -0.132. The van der Waals surface area contributed by atoms with Crippen molar-refractivity contribution in [2.75, 3.05) is 32.6 Å². The molecule has 1 atom stereocenters. The third-order valence-electron chi connectivity index (χ3n) is 6.70. The van der Waals surface area contributed by atoms with Gasteiger partial charge in [0, 0.05) is 23.2 Å². The Kier molecular flexibility index (Phi) is 11.0. The minimum atomic E-state index is -0.270. The quantitative estimate of drug-likeness (QED) is 0.281. The summed E-state index contributed by atoms with van der Waals surface area (Å²) in [7, 11) is 3.22. The number of hydrogen-bond donors (Lipinski definition) is 1. The van der Waals surface area contributed by atoms with Crippen molar-refractivity contribution in [2.45, 2.75) is 52.6 Å². The van der Waals surface area contributed by atoms with Crippen molar-refractivity contribution in [2.24, 2.45) is 0 Å².